The van der Waals surface area contributed by atoms with E-state index in [9.17, 15) is 4.79 Å². The van der Waals surface area contributed by atoms with E-state index in [0.717, 1.165) is 30.5 Å². The Morgan fingerprint density at radius 2 is 2.40 bits per heavy atom. The van der Waals surface area contributed by atoms with Crippen LogP contribution in [0.25, 0.3) is 11.0 Å². The second-order valence-corrected chi connectivity index (χ2v) is 5.37. The summed E-state index contributed by atoms with van der Waals surface area (Å²) in [6.07, 6.45) is 3.62. The van der Waals surface area contributed by atoms with E-state index in [1.54, 1.807) is 6.20 Å². The molecule has 3 rings (SSSR count). The van der Waals surface area contributed by atoms with Gasteiger partial charge in [-0.25, -0.2) is 4.98 Å². The Balaban J connectivity index is 2.19. The number of aromatic amines is 1. The van der Waals surface area contributed by atoms with Crippen molar-refractivity contribution in [3.63, 3.8) is 0 Å². The molecule has 0 aromatic carbocycles. The third-order valence-electron chi connectivity index (χ3n) is 3.55. The fourth-order valence-corrected chi connectivity index (χ4v) is 2.99. The van der Waals surface area contributed by atoms with E-state index < -0.39 is 5.91 Å². The molecule has 3 heterocycles. The summed E-state index contributed by atoms with van der Waals surface area (Å²) in [5, 5.41) is 1.03. The second-order valence-electron chi connectivity index (χ2n) is 4.99. The first-order valence-electron chi connectivity index (χ1n) is 6.46. The van der Waals surface area contributed by atoms with Crippen LogP contribution in [0.5, 0.6) is 0 Å². The molecular weight excluding hydrogens is 278 g/mol. The van der Waals surface area contributed by atoms with Crippen molar-refractivity contribution < 1.29 is 4.79 Å². The minimum absolute atomic E-state index is 0.0733. The van der Waals surface area contributed by atoms with Gasteiger partial charge in [0, 0.05) is 31.4 Å². The number of pyridine rings is 1. The zero-order valence-electron chi connectivity index (χ0n) is 10.8. The predicted octanol–water partition coefficient (Wildman–Crippen LogP) is 1.04. The smallest absolute Gasteiger partial charge is 0.269 e. The summed E-state index contributed by atoms with van der Waals surface area (Å²) in [4.78, 5) is 20.7. The number of amides is 1. The molecule has 105 valence electrons. The topological polar surface area (TPSA) is 101 Å². The monoisotopic (exact) mass is 292 g/mol. The third kappa shape index (κ3) is 2.10. The number of hydrogen-bond acceptors (Lipinski definition) is 4. The standard InChI is InChI=1S/C13H15ClN5O/c14-9-10(12(16)20)18-13-8(3-4-17-13)11(9)19-5-1-2-7(15)6-19/h4,7H,1-2,5-6,15H2,(H2,16,20)(H,17,18)/t7-/m1/s1. The molecule has 2 aromatic rings. The van der Waals surface area contributed by atoms with Crippen LogP contribution in [0.4, 0.5) is 5.69 Å². The lowest BCUT2D eigenvalue weighted by Crippen LogP contribution is -2.43. The van der Waals surface area contributed by atoms with Crippen LogP contribution < -0.4 is 16.4 Å². The number of primary amides is 1. The van der Waals surface area contributed by atoms with Gasteiger partial charge in [0.15, 0.2) is 5.69 Å². The first-order valence-corrected chi connectivity index (χ1v) is 6.84. The van der Waals surface area contributed by atoms with E-state index in [-0.39, 0.29) is 16.8 Å². The Hall–Kier alpha value is -1.79. The lowest BCUT2D eigenvalue weighted by molar-refractivity contribution is 0.0996. The Morgan fingerprint density at radius 3 is 3.10 bits per heavy atom. The highest BCUT2D eigenvalue weighted by Crippen LogP contribution is 2.36. The summed E-state index contributed by atoms with van der Waals surface area (Å²) in [6.45, 7) is 1.53. The van der Waals surface area contributed by atoms with Gasteiger partial charge in [0.1, 0.15) is 5.65 Å². The number of anilines is 1. The Labute approximate surface area is 121 Å². The maximum Gasteiger partial charge on any atom is 0.269 e. The second kappa shape index (κ2) is 4.96. The van der Waals surface area contributed by atoms with E-state index in [1.165, 1.54) is 0 Å². The van der Waals surface area contributed by atoms with Crippen molar-refractivity contribution in [2.45, 2.75) is 18.9 Å². The van der Waals surface area contributed by atoms with Crippen LogP contribution >= 0.6 is 11.6 Å². The first-order chi connectivity index (χ1) is 9.58. The van der Waals surface area contributed by atoms with E-state index in [2.05, 4.69) is 20.9 Å². The van der Waals surface area contributed by atoms with Crippen LogP contribution in [0.2, 0.25) is 5.02 Å². The Kier molecular flexibility index (Phi) is 3.27. The van der Waals surface area contributed by atoms with E-state index in [0.29, 0.717) is 12.2 Å². The molecule has 20 heavy (non-hydrogen) atoms. The number of halogens is 1. The molecule has 1 aliphatic rings. The van der Waals surface area contributed by atoms with Gasteiger partial charge < -0.3 is 21.4 Å². The van der Waals surface area contributed by atoms with Crippen molar-refractivity contribution in [2.75, 3.05) is 18.0 Å². The molecule has 0 saturated carbocycles. The number of aromatic nitrogens is 2. The van der Waals surface area contributed by atoms with Crippen LogP contribution in [0.3, 0.4) is 0 Å². The van der Waals surface area contributed by atoms with Crippen LogP contribution in [0, 0.1) is 6.07 Å². The zero-order valence-corrected chi connectivity index (χ0v) is 11.6. The molecule has 0 spiro atoms. The Bertz CT molecular complexity index is 668. The van der Waals surface area contributed by atoms with Crippen LogP contribution in [0.15, 0.2) is 6.20 Å². The fourth-order valence-electron chi connectivity index (χ4n) is 2.64. The predicted molar refractivity (Wildman–Crippen MR) is 77.9 cm³/mol. The lowest BCUT2D eigenvalue weighted by Gasteiger charge is -2.33. The fraction of sp³-hybridized carbons (Fsp3) is 0.385. The summed E-state index contributed by atoms with van der Waals surface area (Å²) in [5.74, 6) is -0.644. The van der Waals surface area contributed by atoms with Crippen LogP contribution in [0.1, 0.15) is 23.3 Å². The molecule has 0 bridgehead atoms. The van der Waals surface area contributed by atoms with Crippen molar-refractivity contribution in [3.8, 4) is 0 Å². The highest BCUT2D eigenvalue weighted by molar-refractivity contribution is 6.37. The molecule has 5 N–H and O–H groups in total. The van der Waals surface area contributed by atoms with Crippen molar-refractivity contribution in [3.05, 3.63) is 23.0 Å². The molecule has 1 atom stereocenters. The number of fused-ring (bicyclic) bond motifs is 1. The number of carbonyl (C=O) groups excluding carboxylic acids is 1. The average Bonchev–Trinajstić information content (AvgIpc) is 2.85. The summed E-state index contributed by atoms with van der Waals surface area (Å²) in [7, 11) is 0. The molecule has 0 aliphatic carbocycles. The number of rotatable bonds is 2. The summed E-state index contributed by atoms with van der Waals surface area (Å²) in [5.41, 5.74) is 12.7. The van der Waals surface area contributed by atoms with Gasteiger partial charge in [-0.1, -0.05) is 11.6 Å². The molecule has 7 heteroatoms. The van der Waals surface area contributed by atoms with E-state index >= 15 is 0 Å². The molecule has 1 aliphatic heterocycles. The van der Waals surface area contributed by atoms with Gasteiger partial charge in [0.25, 0.3) is 5.91 Å². The molecule has 1 saturated heterocycles. The quantitative estimate of drug-likeness (QED) is 0.770. The molecule has 1 radical (unpaired) electrons. The van der Waals surface area contributed by atoms with Crippen molar-refractivity contribution in [1.82, 2.24) is 9.97 Å². The number of nitrogens with zero attached hydrogens (tertiary/aromatic N) is 2. The Morgan fingerprint density at radius 1 is 1.60 bits per heavy atom. The van der Waals surface area contributed by atoms with E-state index in [1.807, 2.05) is 0 Å². The highest BCUT2D eigenvalue weighted by atomic mass is 35.5. The van der Waals surface area contributed by atoms with Gasteiger partial charge in [-0.3, -0.25) is 4.79 Å². The number of piperidine rings is 1. The number of nitrogens with one attached hydrogen (secondary N) is 1. The minimum Gasteiger partial charge on any atom is -0.368 e. The summed E-state index contributed by atoms with van der Waals surface area (Å²) >= 11 is 6.34. The summed E-state index contributed by atoms with van der Waals surface area (Å²) in [6, 6.07) is 3.17. The molecule has 1 amide bonds. The molecular formula is C13H15ClN5O. The zero-order chi connectivity index (χ0) is 14.3. The normalized spacial score (nSPS) is 19.5. The van der Waals surface area contributed by atoms with Gasteiger partial charge in [-0.05, 0) is 12.8 Å². The number of hydrogen-bond donors (Lipinski definition) is 3. The number of carbonyl (C=O) groups is 1. The lowest BCUT2D eigenvalue weighted by atomic mass is 10.0. The van der Waals surface area contributed by atoms with E-state index in [4.69, 9.17) is 23.1 Å². The van der Waals surface area contributed by atoms with Crippen LogP contribution in [-0.4, -0.2) is 35.0 Å². The van der Waals surface area contributed by atoms with Crippen molar-refractivity contribution >= 4 is 34.2 Å². The molecule has 6 nitrogen and oxygen atoms in total. The molecule has 0 unspecified atom stereocenters. The largest absolute Gasteiger partial charge is 0.368 e. The van der Waals surface area contributed by atoms with Crippen molar-refractivity contribution in [2.24, 2.45) is 11.5 Å². The number of nitrogens with two attached hydrogens (primary N) is 2. The third-order valence-corrected chi connectivity index (χ3v) is 3.90. The van der Waals surface area contributed by atoms with Crippen LogP contribution in [-0.2, 0) is 0 Å². The molecule has 2 aromatic heterocycles. The SMILES string of the molecule is NC(=O)c1nc2[nH]c[c]c2c(N2CCC[C@@H](N)C2)c1Cl. The van der Waals surface area contributed by atoms with Gasteiger partial charge in [0.2, 0.25) is 0 Å². The van der Waals surface area contributed by atoms with Crippen molar-refractivity contribution in [1.29, 1.82) is 0 Å². The average molecular weight is 293 g/mol. The van der Waals surface area contributed by atoms with Gasteiger partial charge >= 0.3 is 0 Å². The summed E-state index contributed by atoms with van der Waals surface area (Å²) < 4.78 is 0. The van der Waals surface area contributed by atoms with Gasteiger partial charge in [0.05, 0.1) is 16.1 Å². The van der Waals surface area contributed by atoms with Gasteiger partial charge in [-0.15, -0.1) is 0 Å². The molecule has 1 fully saturated rings. The van der Waals surface area contributed by atoms with Gasteiger partial charge in [-0.2, -0.15) is 0 Å². The number of H-pyrrole nitrogens is 1. The minimum atomic E-state index is -0.644. The maximum absolute atomic E-state index is 11.5. The first kappa shape index (κ1) is 13.2. The highest BCUT2D eigenvalue weighted by Gasteiger charge is 2.25. The maximum atomic E-state index is 11.5.